The van der Waals surface area contributed by atoms with Crippen molar-refractivity contribution in [2.24, 2.45) is 0 Å². The number of H-pyrrole nitrogens is 1. The molecule has 1 aromatic heterocycles. The first-order valence-electron chi connectivity index (χ1n) is 8.09. The Hall–Kier alpha value is -2.53. The topological polar surface area (TPSA) is 54.1 Å². The number of benzene rings is 2. The van der Waals surface area contributed by atoms with Crippen LogP contribution in [0.25, 0.3) is 10.9 Å². The number of hydrogen-bond acceptors (Lipinski definition) is 2. The van der Waals surface area contributed by atoms with Gasteiger partial charge in [0.05, 0.1) is 12.3 Å². The predicted molar refractivity (Wildman–Crippen MR) is 98.1 cm³/mol. The van der Waals surface area contributed by atoms with E-state index in [0.717, 1.165) is 23.7 Å². The molecule has 3 aromatic rings. The summed E-state index contributed by atoms with van der Waals surface area (Å²) in [7, 11) is 0. The van der Waals surface area contributed by atoms with Crippen LogP contribution in [0.5, 0.6) is 5.75 Å². The lowest BCUT2D eigenvalue weighted by Crippen LogP contribution is -2.12. The SMILES string of the molecule is CCCCOc1ccc(C(=O)Nc2c[nH]c3ccc(Cl)cc23)cc1F. The van der Waals surface area contributed by atoms with Crippen molar-refractivity contribution in [3.05, 3.63) is 59.0 Å². The van der Waals surface area contributed by atoms with Crippen LogP contribution in [0.1, 0.15) is 30.1 Å². The zero-order chi connectivity index (χ0) is 17.8. The van der Waals surface area contributed by atoms with E-state index in [1.54, 1.807) is 24.4 Å². The molecule has 0 spiro atoms. The van der Waals surface area contributed by atoms with Crippen LogP contribution >= 0.6 is 11.6 Å². The fraction of sp³-hybridized carbons (Fsp3) is 0.211. The third-order valence-corrected chi connectivity index (χ3v) is 4.08. The number of carbonyl (C=O) groups is 1. The molecule has 0 aliphatic heterocycles. The van der Waals surface area contributed by atoms with Gasteiger partial charge in [-0.05, 0) is 42.8 Å². The number of amides is 1. The second kappa shape index (κ2) is 7.57. The van der Waals surface area contributed by atoms with E-state index in [2.05, 4.69) is 10.3 Å². The second-order valence-corrected chi connectivity index (χ2v) is 6.13. The van der Waals surface area contributed by atoms with Gasteiger partial charge in [0.2, 0.25) is 0 Å². The second-order valence-electron chi connectivity index (χ2n) is 5.69. The van der Waals surface area contributed by atoms with Crippen molar-refractivity contribution in [2.45, 2.75) is 19.8 Å². The standard InChI is InChI=1S/C19H18ClFN2O2/c1-2-3-8-25-18-7-4-12(9-15(18)21)19(24)23-17-11-22-16-6-5-13(20)10-14(16)17/h4-7,9-11,22H,2-3,8H2,1H3,(H,23,24). The van der Waals surface area contributed by atoms with E-state index in [1.165, 1.54) is 12.1 Å². The molecule has 0 atom stereocenters. The molecule has 3 rings (SSSR count). The van der Waals surface area contributed by atoms with Crippen molar-refractivity contribution in [2.75, 3.05) is 11.9 Å². The highest BCUT2D eigenvalue weighted by molar-refractivity contribution is 6.31. The van der Waals surface area contributed by atoms with Crippen LogP contribution in [-0.2, 0) is 0 Å². The van der Waals surface area contributed by atoms with E-state index >= 15 is 0 Å². The normalized spacial score (nSPS) is 10.8. The first kappa shape index (κ1) is 17.3. The van der Waals surface area contributed by atoms with Gasteiger partial charge >= 0.3 is 0 Å². The molecular weight excluding hydrogens is 343 g/mol. The van der Waals surface area contributed by atoms with Gasteiger partial charge in [-0.25, -0.2) is 4.39 Å². The molecule has 0 aliphatic carbocycles. The molecule has 1 amide bonds. The lowest BCUT2D eigenvalue weighted by Gasteiger charge is -2.08. The smallest absolute Gasteiger partial charge is 0.255 e. The van der Waals surface area contributed by atoms with Crippen molar-refractivity contribution < 1.29 is 13.9 Å². The van der Waals surface area contributed by atoms with Crippen molar-refractivity contribution in [1.82, 2.24) is 4.98 Å². The highest BCUT2D eigenvalue weighted by atomic mass is 35.5. The quantitative estimate of drug-likeness (QED) is 0.579. The molecule has 25 heavy (non-hydrogen) atoms. The van der Waals surface area contributed by atoms with Crippen molar-refractivity contribution in [3.63, 3.8) is 0 Å². The van der Waals surface area contributed by atoms with Crippen LogP contribution < -0.4 is 10.1 Å². The summed E-state index contributed by atoms with van der Waals surface area (Å²) in [5.74, 6) is -0.797. The highest BCUT2D eigenvalue weighted by Crippen LogP contribution is 2.27. The molecule has 0 fully saturated rings. The number of carbonyl (C=O) groups excluding carboxylic acids is 1. The molecule has 2 N–H and O–H groups in total. The Morgan fingerprint density at radius 1 is 1.28 bits per heavy atom. The first-order valence-corrected chi connectivity index (χ1v) is 8.46. The Bertz CT molecular complexity index is 908. The van der Waals surface area contributed by atoms with Crippen LogP contribution in [0, 0.1) is 5.82 Å². The fourth-order valence-electron chi connectivity index (χ4n) is 2.48. The molecule has 0 radical (unpaired) electrons. The fourth-order valence-corrected chi connectivity index (χ4v) is 2.65. The number of hydrogen-bond donors (Lipinski definition) is 2. The number of nitrogens with one attached hydrogen (secondary N) is 2. The van der Waals surface area contributed by atoms with Gasteiger partial charge in [-0.15, -0.1) is 0 Å². The molecule has 0 saturated heterocycles. The zero-order valence-corrected chi connectivity index (χ0v) is 14.5. The molecule has 130 valence electrons. The largest absolute Gasteiger partial charge is 0.491 e. The first-order chi connectivity index (χ1) is 12.1. The molecule has 0 saturated carbocycles. The van der Waals surface area contributed by atoms with Gasteiger partial charge in [0.15, 0.2) is 11.6 Å². The third-order valence-electron chi connectivity index (χ3n) is 3.84. The number of anilines is 1. The Balaban J connectivity index is 1.76. The van der Waals surface area contributed by atoms with Crippen molar-refractivity contribution in [1.29, 1.82) is 0 Å². The Morgan fingerprint density at radius 2 is 2.12 bits per heavy atom. The summed E-state index contributed by atoms with van der Waals surface area (Å²) in [6.45, 7) is 2.49. The van der Waals surface area contributed by atoms with Gasteiger partial charge in [0, 0.05) is 27.7 Å². The number of halogens is 2. The number of ether oxygens (including phenoxy) is 1. The van der Waals surface area contributed by atoms with Gasteiger partial charge in [0.25, 0.3) is 5.91 Å². The van der Waals surface area contributed by atoms with Crippen LogP contribution in [0.2, 0.25) is 5.02 Å². The molecule has 4 nitrogen and oxygen atoms in total. The van der Waals surface area contributed by atoms with Gasteiger partial charge in [-0.1, -0.05) is 24.9 Å². The van der Waals surface area contributed by atoms with Crippen LogP contribution in [0.3, 0.4) is 0 Å². The lowest BCUT2D eigenvalue weighted by atomic mass is 10.2. The van der Waals surface area contributed by atoms with Crippen molar-refractivity contribution in [3.8, 4) is 5.75 Å². The van der Waals surface area contributed by atoms with Gasteiger partial charge in [-0.3, -0.25) is 4.79 Å². The molecular formula is C19H18ClFN2O2. The van der Waals surface area contributed by atoms with Crippen LogP contribution in [0.4, 0.5) is 10.1 Å². The van der Waals surface area contributed by atoms with Crippen LogP contribution in [-0.4, -0.2) is 17.5 Å². The average molecular weight is 361 g/mol. The molecule has 2 aromatic carbocycles. The van der Waals surface area contributed by atoms with Gasteiger partial charge in [0.1, 0.15) is 0 Å². The van der Waals surface area contributed by atoms with E-state index in [1.807, 2.05) is 13.0 Å². The summed E-state index contributed by atoms with van der Waals surface area (Å²) >= 11 is 6.00. The number of rotatable bonds is 6. The molecule has 1 heterocycles. The number of unbranched alkanes of at least 4 members (excludes halogenated alkanes) is 1. The lowest BCUT2D eigenvalue weighted by molar-refractivity contribution is 0.102. The van der Waals surface area contributed by atoms with E-state index in [4.69, 9.17) is 16.3 Å². The Labute approximate surface area is 149 Å². The third kappa shape index (κ3) is 3.94. The maximum atomic E-state index is 14.1. The van der Waals surface area contributed by atoms with Crippen LogP contribution in [0.15, 0.2) is 42.6 Å². The summed E-state index contributed by atoms with van der Waals surface area (Å²) in [6, 6.07) is 9.55. The van der Waals surface area contributed by atoms with E-state index in [9.17, 15) is 9.18 Å². The van der Waals surface area contributed by atoms with Gasteiger partial charge in [-0.2, -0.15) is 0 Å². The average Bonchev–Trinajstić information content (AvgIpc) is 2.98. The Morgan fingerprint density at radius 3 is 2.88 bits per heavy atom. The summed E-state index contributed by atoms with van der Waals surface area (Å²) in [4.78, 5) is 15.5. The maximum absolute atomic E-state index is 14.1. The minimum atomic E-state index is -0.550. The summed E-state index contributed by atoms with van der Waals surface area (Å²) in [5.41, 5.74) is 1.66. The summed E-state index contributed by atoms with van der Waals surface area (Å²) in [6.07, 6.45) is 3.50. The molecule has 6 heteroatoms. The predicted octanol–water partition coefficient (Wildman–Crippen LogP) is 5.39. The number of aromatic amines is 1. The molecule has 0 bridgehead atoms. The minimum absolute atomic E-state index is 0.156. The highest BCUT2D eigenvalue weighted by Gasteiger charge is 2.13. The maximum Gasteiger partial charge on any atom is 0.255 e. The Kier molecular flexibility index (Phi) is 5.24. The molecule has 0 unspecified atom stereocenters. The summed E-state index contributed by atoms with van der Waals surface area (Å²) in [5, 5.41) is 4.14. The summed E-state index contributed by atoms with van der Waals surface area (Å²) < 4.78 is 19.5. The van der Waals surface area contributed by atoms with Crippen molar-refractivity contribution >= 4 is 34.1 Å². The molecule has 0 aliphatic rings. The minimum Gasteiger partial charge on any atom is -0.491 e. The van der Waals surface area contributed by atoms with E-state index in [0.29, 0.717) is 17.3 Å². The number of fused-ring (bicyclic) bond motifs is 1. The van der Waals surface area contributed by atoms with E-state index in [-0.39, 0.29) is 11.3 Å². The van der Waals surface area contributed by atoms with Gasteiger partial charge < -0.3 is 15.0 Å². The monoisotopic (exact) mass is 360 g/mol. The van der Waals surface area contributed by atoms with E-state index < -0.39 is 11.7 Å². The number of aromatic nitrogens is 1. The zero-order valence-electron chi connectivity index (χ0n) is 13.7.